The predicted octanol–water partition coefficient (Wildman–Crippen LogP) is 9.05. The van der Waals surface area contributed by atoms with Crippen LogP contribution < -0.4 is 9.47 Å². The zero-order valence-corrected chi connectivity index (χ0v) is 29.0. The van der Waals surface area contributed by atoms with Gasteiger partial charge in [0, 0.05) is 12.2 Å². The molecule has 2 atom stereocenters. The Balaban J connectivity index is 3.06. The topological polar surface area (TPSA) is 57.2 Å². The van der Waals surface area contributed by atoms with Gasteiger partial charge in [-0.1, -0.05) is 61.3 Å². The van der Waals surface area contributed by atoms with Gasteiger partial charge in [0.2, 0.25) is 0 Å². The third kappa shape index (κ3) is 10.3. The van der Waals surface area contributed by atoms with E-state index in [0.717, 1.165) is 54.7 Å². The number of aliphatic hydroxyl groups excluding tert-OH is 1. The lowest BCUT2D eigenvalue weighted by Crippen LogP contribution is -2.41. The largest absolute Gasteiger partial charge is 0.496 e. The molecular weight excluding hydrogens is 509 g/mol. The molecule has 0 aromatic heterocycles. The molecule has 0 fully saturated rings. The van der Waals surface area contributed by atoms with Crippen LogP contribution in [0.2, 0.25) is 36.3 Å². The van der Waals surface area contributed by atoms with Crippen LogP contribution in [0.4, 0.5) is 0 Å². The molecule has 1 rings (SSSR count). The van der Waals surface area contributed by atoms with Crippen molar-refractivity contribution >= 4 is 16.6 Å². The lowest BCUT2D eigenvalue weighted by atomic mass is 9.86. The van der Waals surface area contributed by atoms with Crippen molar-refractivity contribution < 1.29 is 23.4 Å². The first-order valence-electron chi connectivity index (χ1n) is 14.6. The van der Waals surface area contributed by atoms with Gasteiger partial charge in [0.25, 0.3) is 0 Å². The number of methoxy groups -OCH3 is 2. The summed E-state index contributed by atoms with van der Waals surface area (Å²) < 4.78 is 24.7. The van der Waals surface area contributed by atoms with Crippen molar-refractivity contribution in [3.8, 4) is 11.5 Å². The number of rotatable bonds is 16. The first kappa shape index (κ1) is 35.2. The Morgan fingerprint density at radius 3 is 1.74 bits per heavy atom. The van der Waals surface area contributed by atoms with Crippen molar-refractivity contribution in [2.24, 2.45) is 0 Å². The van der Waals surface area contributed by atoms with Crippen LogP contribution in [0.3, 0.4) is 0 Å². The molecule has 0 heterocycles. The maximum absolute atomic E-state index is 11.1. The summed E-state index contributed by atoms with van der Waals surface area (Å²) in [4.78, 5) is 0. The van der Waals surface area contributed by atoms with Crippen LogP contribution in [0.15, 0.2) is 12.1 Å². The molecule has 0 saturated heterocycles. The second kappa shape index (κ2) is 14.7. The van der Waals surface area contributed by atoms with E-state index < -0.39 is 22.7 Å². The second-order valence-corrected chi connectivity index (χ2v) is 23.6. The number of aliphatic hydroxyl groups is 1. The van der Waals surface area contributed by atoms with Crippen LogP contribution in [-0.4, -0.2) is 48.7 Å². The highest BCUT2D eigenvalue weighted by atomic mass is 28.4. The molecule has 1 aromatic carbocycles. The Labute approximate surface area is 237 Å². The summed E-state index contributed by atoms with van der Waals surface area (Å²) in [6.45, 7) is 26.1. The Bertz CT molecular complexity index is 815. The summed E-state index contributed by atoms with van der Waals surface area (Å²) in [7, 11) is -0.191. The lowest BCUT2D eigenvalue weighted by molar-refractivity contribution is 0.131. The molecule has 0 amide bonds. The molecule has 0 aliphatic carbocycles. The Morgan fingerprint density at radius 2 is 1.29 bits per heavy atom. The van der Waals surface area contributed by atoms with Crippen molar-refractivity contribution in [3.63, 3.8) is 0 Å². The fourth-order valence-electron chi connectivity index (χ4n) is 4.10. The molecule has 0 radical (unpaired) electrons. The zero-order chi connectivity index (χ0) is 29.4. The first-order valence-corrected chi connectivity index (χ1v) is 20.4. The number of ether oxygens (including phenoxy) is 2. The quantitative estimate of drug-likeness (QED) is 0.159. The minimum Gasteiger partial charge on any atom is -0.496 e. The van der Waals surface area contributed by atoms with Crippen LogP contribution in [0, 0.1) is 0 Å². The molecule has 1 N–H and O–H groups in total. The maximum atomic E-state index is 11.1. The minimum absolute atomic E-state index is 0.151. The number of hydrogen-bond acceptors (Lipinski definition) is 5. The Kier molecular flexibility index (Phi) is 13.6. The smallest absolute Gasteiger partial charge is 0.192 e. The Morgan fingerprint density at radius 1 is 0.789 bits per heavy atom. The molecule has 7 heteroatoms. The van der Waals surface area contributed by atoms with Crippen LogP contribution in [0.5, 0.6) is 11.5 Å². The van der Waals surface area contributed by atoms with E-state index in [0.29, 0.717) is 19.6 Å². The highest BCUT2D eigenvalue weighted by Gasteiger charge is 2.38. The Hall–Kier alpha value is -0.866. The molecule has 0 bridgehead atoms. The zero-order valence-electron chi connectivity index (χ0n) is 27.0. The summed E-state index contributed by atoms with van der Waals surface area (Å²) in [5, 5.41) is 11.4. The fourth-order valence-corrected chi connectivity index (χ4v) is 6.15. The van der Waals surface area contributed by atoms with E-state index in [1.54, 1.807) is 14.2 Å². The van der Waals surface area contributed by atoms with E-state index in [4.69, 9.17) is 18.3 Å². The summed E-state index contributed by atoms with van der Waals surface area (Å²) >= 11 is 0. The normalized spacial score (nSPS) is 14.9. The fraction of sp³-hybridized carbons (Fsp3) is 0.806. The van der Waals surface area contributed by atoms with E-state index in [2.05, 4.69) is 86.8 Å². The van der Waals surface area contributed by atoms with Crippen molar-refractivity contribution in [3.05, 3.63) is 23.3 Å². The van der Waals surface area contributed by atoms with Crippen LogP contribution in [0.25, 0.3) is 0 Å². The average Bonchev–Trinajstić information content (AvgIpc) is 2.81. The number of benzene rings is 1. The molecule has 0 unspecified atom stereocenters. The van der Waals surface area contributed by atoms with E-state index in [9.17, 15) is 5.11 Å². The monoisotopic (exact) mass is 568 g/mol. The standard InChI is InChI=1S/C31H60O5Si2/c1-14-15-17-25(22-26(32)18-16-19-35-37(10,11)30(2,3)4)29-27(33-8)20-24(21-28(29)34-9)23-36-38(12,13)31(5,6)7/h20-21,25-26,32H,14-19,22-23H2,1-13H3/t25-,26+/m0/s1. The van der Waals surface area contributed by atoms with Gasteiger partial charge in [-0.2, -0.15) is 0 Å². The van der Waals surface area contributed by atoms with Gasteiger partial charge < -0.3 is 23.4 Å². The molecular formula is C31H60O5Si2. The molecule has 0 aliphatic rings. The predicted molar refractivity (Wildman–Crippen MR) is 167 cm³/mol. The molecule has 0 spiro atoms. The van der Waals surface area contributed by atoms with Crippen LogP contribution in [-0.2, 0) is 15.5 Å². The second-order valence-electron chi connectivity index (χ2n) is 13.9. The van der Waals surface area contributed by atoms with Gasteiger partial charge >= 0.3 is 0 Å². The maximum Gasteiger partial charge on any atom is 0.192 e. The van der Waals surface area contributed by atoms with Crippen molar-refractivity contribution in [1.29, 1.82) is 0 Å². The van der Waals surface area contributed by atoms with E-state index >= 15 is 0 Å². The lowest BCUT2D eigenvalue weighted by Gasteiger charge is -2.36. The SMILES string of the molecule is CCCC[C@@H](C[C@H](O)CCCO[Si](C)(C)C(C)(C)C)c1c(OC)cc(CO[Si](C)(C)C(C)(C)C)cc1OC. The third-order valence-corrected chi connectivity index (χ3v) is 17.8. The van der Waals surface area contributed by atoms with Gasteiger partial charge in [0.15, 0.2) is 16.6 Å². The van der Waals surface area contributed by atoms with Gasteiger partial charge in [-0.25, -0.2) is 0 Å². The highest BCUT2D eigenvalue weighted by Crippen LogP contribution is 2.43. The van der Waals surface area contributed by atoms with Gasteiger partial charge in [-0.15, -0.1) is 0 Å². The van der Waals surface area contributed by atoms with Gasteiger partial charge in [0.05, 0.1) is 26.9 Å². The van der Waals surface area contributed by atoms with Crippen LogP contribution in [0.1, 0.15) is 104 Å². The van der Waals surface area contributed by atoms with E-state index in [1.807, 2.05) is 0 Å². The average molecular weight is 569 g/mol. The van der Waals surface area contributed by atoms with Crippen molar-refractivity contribution in [1.82, 2.24) is 0 Å². The molecule has 38 heavy (non-hydrogen) atoms. The third-order valence-electron chi connectivity index (χ3n) is 8.83. The van der Waals surface area contributed by atoms with Gasteiger partial charge in [-0.05, 0) is 85.6 Å². The molecule has 0 aliphatic heterocycles. The van der Waals surface area contributed by atoms with Crippen molar-refractivity contribution in [2.75, 3.05) is 20.8 Å². The van der Waals surface area contributed by atoms with Gasteiger partial charge in [-0.3, -0.25) is 0 Å². The minimum atomic E-state index is -1.88. The number of unbranched alkanes of at least 4 members (excludes halogenated alkanes) is 1. The summed E-state index contributed by atoms with van der Waals surface area (Å²) in [6.07, 6.45) is 5.08. The molecule has 0 saturated carbocycles. The van der Waals surface area contributed by atoms with Crippen molar-refractivity contribution in [2.45, 2.75) is 142 Å². The molecule has 5 nitrogen and oxygen atoms in total. The molecule has 1 aromatic rings. The highest BCUT2D eigenvalue weighted by molar-refractivity contribution is 6.74. The summed E-state index contributed by atoms with van der Waals surface area (Å²) in [6, 6.07) is 4.20. The number of hydrogen-bond donors (Lipinski definition) is 1. The van der Waals surface area contributed by atoms with E-state index in [1.165, 1.54) is 0 Å². The van der Waals surface area contributed by atoms with E-state index in [-0.39, 0.29) is 16.0 Å². The first-order chi connectivity index (χ1) is 17.4. The van der Waals surface area contributed by atoms with Gasteiger partial charge in [0.1, 0.15) is 11.5 Å². The summed E-state index contributed by atoms with van der Waals surface area (Å²) in [5.74, 6) is 1.81. The summed E-state index contributed by atoms with van der Waals surface area (Å²) in [5.41, 5.74) is 2.13. The van der Waals surface area contributed by atoms with Crippen LogP contribution >= 0.6 is 0 Å². The molecule has 222 valence electrons.